The SMILES string of the molecule is CSc1ccc(-c2cnn(C)c2)cc1Cl. The van der Waals surface area contributed by atoms with Crippen LogP contribution in [0.15, 0.2) is 35.5 Å². The first-order valence-electron chi connectivity index (χ1n) is 4.53. The Bertz CT molecular complexity index is 479. The van der Waals surface area contributed by atoms with Crippen molar-refractivity contribution < 1.29 is 0 Å². The third kappa shape index (κ3) is 2.19. The van der Waals surface area contributed by atoms with E-state index in [1.807, 2.05) is 37.8 Å². The Labute approximate surface area is 98.3 Å². The minimum Gasteiger partial charge on any atom is -0.275 e. The van der Waals surface area contributed by atoms with E-state index in [0.717, 1.165) is 21.0 Å². The molecule has 0 aliphatic carbocycles. The molecule has 78 valence electrons. The topological polar surface area (TPSA) is 17.8 Å². The fourth-order valence-corrected chi connectivity index (χ4v) is 2.29. The molecule has 0 amide bonds. The number of hydrogen-bond acceptors (Lipinski definition) is 2. The number of hydrogen-bond donors (Lipinski definition) is 0. The van der Waals surface area contributed by atoms with Crippen molar-refractivity contribution in [2.75, 3.05) is 6.26 Å². The minimum absolute atomic E-state index is 0.795. The summed E-state index contributed by atoms with van der Waals surface area (Å²) in [7, 11) is 1.90. The summed E-state index contributed by atoms with van der Waals surface area (Å²) in [6, 6.07) is 6.08. The molecule has 2 aromatic rings. The van der Waals surface area contributed by atoms with E-state index in [0.29, 0.717) is 0 Å². The number of aromatic nitrogens is 2. The lowest BCUT2D eigenvalue weighted by Crippen LogP contribution is -1.84. The molecule has 0 aliphatic heterocycles. The summed E-state index contributed by atoms with van der Waals surface area (Å²) in [6.07, 6.45) is 5.83. The largest absolute Gasteiger partial charge is 0.275 e. The zero-order valence-electron chi connectivity index (χ0n) is 8.57. The maximum absolute atomic E-state index is 6.14. The monoisotopic (exact) mass is 238 g/mol. The molecule has 2 rings (SSSR count). The molecule has 0 atom stereocenters. The third-order valence-electron chi connectivity index (χ3n) is 2.19. The van der Waals surface area contributed by atoms with Gasteiger partial charge in [-0.2, -0.15) is 5.10 Å². The van der Waals surface area contributed by atoms with E-state index in [1.54, 1.807) is 16.4 Å². The Morgan fingerprint density at radius 1 is 1.33 bits per heavy atom. The number of aryl methyl sites for hydroxylation is 1. The number of thioether (sulfide) groups is 1. The van der Waals surface area contributed by atoms with Gasteiger partial charge in [0.1, 0.15) is 0 Å². The van der Waals surface area contributed by atoms with Crippen molar-refractivity contribution in [3.63, 3.8) is 0 Å². The molecule has 0 fully saturated rings. The van der Waals surface area contributed by atoms with Crippen LogP contribution in [0.25, 0.3) is 11.1 Å². The van der Waals surface area contributed by atoms with Gasteiger partial charge in [-0.15, -0.1) is 11.8 Å². The lowest BCUT2D eigenvalue weighted by molar-refractivity contribution is 0.768. The van der Waals surface area contributed by atoms with Crippen LogP contribution in [0.3, 0.4) is 0 Å². The van der Waals surface area contributed by atoms with Crippen LogP contribution in [0.4, 0.5) is 0 Å². The second kappa shape index (κ2) is 4.29. The van der Waals surface area contributed by atoms with Crippen molar-refractivity contribution >= 4 is 23.4 Å². The predicted molar refractivity (Wildman–Crippen MR) is 65.4 cm³/mol. The van der Waals surface area contributed by atoms with Gasteiger partial charge >= 0.3 is 0 Å². The summed E-state index contributed by atoms with van der Waals surface area (Å²) in [4.78, 5) is 1.10. The Hall–Kier alpha value is -0.930. The summed E-state index contributed by atoms with van der Waals surface area (Å²) in [5.74, 6) is 0. The fourth-order valence-electron chi connectivity index (χ4n) is 1.42. The molecular weight excluding hydrogens is 228 g/mol. The minimum atomic E-state index is 0.795. The molecule has 0 radical (unpaired) electrons. The van der Waals surface area contributed by atoms with E-state index in [1.165, 1.54) is 0 Å². The Kier molecular flexibility index (Phi) is 3.03. The number of halogens is 1. The number of rotatable bonds is 2. The van der Waals surface area contributed by atoms with Crippen molar-refractivity contribution in [1.82, 2.24) is 9.78 Å². The molecule has 0 N–H and O–H groups in total. The number of nitrogens with zero attached hydrogens (tertiary/aromatic N) is 2. The average molecular weight is 239 g/mol. The van der Waals surface area contributed by atoms with E-state index < -0.39 is 0 Å². The fraction of sp³-hybridized carbons (Fsp3) is 0.182. The molecule has 4 heteroatoms. The lowest BCUT2D eigenvalue weighted by Gasteiger charge is -2.02. The summed E-state index contributed by atoms with van der Waals surface area (Å²) in [5.41, 5.74) is 2.19. The highest BCUT2D eigenvalue weighted by atomic mass is 35.5. The van der Waals surface area contributed by atoms with Gasteiger partial charge in [0.2, 0.25) is 0 Å². The Balaban J connectivity index is 2.42. The van der Waals surface area contributed by atoms with Crippen molar-refractivity contribution in [1.29, 1.82) is 0 Å². The summed E-state index contributed by atoms with van der Waals surface area (Å²) >= 11 is 7.79. The van der Waals surface area contributed by atoms with Crippen LogP contribution in [-0.4, -0.2) is 16.0 Å². The Morgan fingerprint density at radius 3 is 2.67 bits per heavy atom. The molecule has 1 heterocycles. The molecule has 0 spiro atoms. The van der Waals surface area contributed by atoms with Crippen LogP contribution in [0.1, 0.15) is 0 Å². The van der Waals surface area contributed by atoms with Gasteiger partial charge in [-0.25, -0.2) is 0 Å². The normalized spacial score (nSPS) is 10.6. The van der Waals surface area contributed by atoms with Gasteiger partial charge < -0.3 is 0 Å². The maximum atomic E-state index is 6.14. The highest BCUT2D eigenvalue weighted by Gasteiger charge is 2.04. The molecule has 0 aliphatic rings. The molecule has 0 unspecified atom stereocenters. The van der Waals surface area contributed by atoms with Gasteiger partial charge in [-0.3, -0.25) is 4.68 Å². The van der Waals surface area contributed by atoms with E-state index in [2.05, 4.69) is 11.2 Å². The number of benzene rings is 1. The van der Waals surface area contributed by atoms with Gasteiger partial charge in [-0.1, -0.05) is 17.7 Å². The van der Waals surface area contributed by atoms with Crippen LogP contribution in [-0.2, 0) is 7.05 Å². The van der Waals surface area contributed by atoms with Crippen LogP contribution >= 0.6 is 23.4 Å². The van der Waals surface area contributed by atoms with E-state index in [9.17, 15) is 0 Å². The van der Waals surface area contributed by atoms with Crippen LogP contribution in [0.5, 0.6) is 0 Å². The van der Waals surface area contributed by atoms with E-state index in [-0.39, 0.29) is 0 Å². The van der Waals surface area contributed by atoms with Gasteiger partial charge in [0.05, 0.1) is 11.2 Å². The van der Waals surface area contributed by atoms with Gasteiger partial charge in [0.25, 0.3) is 0 Å². The smallest absolute Gasteiger partial charge is 0.0568 e. The van der Waals surface area contributed by atoms with Crippen molar-refractivity contribution in [2.24, 2.45) is 7.05 Å². The summed E-state index contributed by atoms with van der Waals surface area (Å²) in [5, 5.41) is 4.93. The first-order chi connectivity index (χ1) is 7.20. The second-order valence-electron chi connectivity index (χ2n) is 3.25. The van der Waals surface area contributed by atoms with Gasteiger partial charge in [0, 0.05) is 23.7 Å². The molecule has 1 aromatic carbocycles. The van der Waals surface area contributed by atoms with Crippen LogP contribution in [0.2, 0.25) is 5.02 Å². The first-order valence-corrected chi connectivity index (χ1v) is 6.13. The van der Waals surface area contributed by atoms with Crippen molar-refractivity contribution in [3.8, 4) is 11.1 Å². The first kappa shape index (κ1) is 10.6. The van der Waals surface area contributed by atoms with Gasteiger partial charge in [0.15, 0.2) is 0 Å². The van der Waals surface area contributed by atoms with Crippen molar-refractivity contribution in [3.05, 3.63) is 35.6 Å². The zero-order chi connectivity index (χ0) is 10.8. The third-order valence-corrected chi connectivity index (χ3v) is 3.41. The summed E-state index contributed by atoms with van der Waals surface area (Å²) < 4.78 is 1.78. The lowest BCUT2D eigenvalue weighted by atomic mass is 10.1. The standard InChI is InChI=1S/C11H11ClN2S/c1-14-7-9(6-13-14)8-3-4-11(15-2)10(12)5-8/h3-7H,1-2H3. The van der Waals surface area contributed by atoms with Crippen molar-refractivity contribution in [2.45, 2.75) is 4.90 Å². The van der Waals surface area contributed by atoms with Crippen LogP contribution in [0, 0.1) is 0 Å². The molecule has 0 saturated heterocycles. The second-order valence-corrected chi connectivity index (χ2v) is 4.51. The average Bonchev–Trinajstić information content (AvgIpc) is 2.65. The van der Waals surface area contributed by atoms with E-state index >= 15 is 0 Å². The van der Waals surface area contributed by atoms with E-state index in [4.69, 9.17) is 11.6 Å². The molecular formula is C11H11ClN2S. The maximum Gasteiger partial charge on any atom is 0.0568 e. The highest BCUT2D eigenvalue weighted by Crippen LogP contribution is 2.30. The molecule has 15 heavy (non-hydrogen) atoms. The molecule has 2 nitrogen and oxygen atoms in total. The predicted octanol–water partition coefficient (Wildman–Crippen LogP) is 3.46. The quantitative estimate of drug-likeness (QED) is 0.746. The van der Waals surface area contributed by atoms with Crippen LogP contribution < -0.4 is 0 Å². The molecule has 0 bridgehead atoms. The molecule has 1 aromatic heterocycles. The molecule has 0 saturated carbocycles. The Morgan fingerprint density at radius 2 is 2.13 bits per heavy atom. The van der Waals surface area contributed by atoms with Gasteiger partial charge in [-0.05, 0) is 24.0 Å². The highest BCUT2D eigenvalue weighted by molar-refractivity contribution is 7.98. The summed E-state index contributed by atoms with van der Waals surface area (Å²) in [6.45, 7) is 0. The zero-order valence-corrected chi connectivity index (χ0v) is 10.1.